The first-order valence-electron chi connectivity index (χ1n) is 5.97. The van der Waals surface area contributed by atoms with Crippen LogP contribution in [0.25, 0.3) is 0 Å². The van der Waals surface area contributed by atoms with Gasteiger partial charge in [0.05, 0.1) is 6.61 Å². The number of hydrogen-bond acceptors (Lipinski definition) is 2. The normalized spacial score (nSPS) is 10.3. The van der Waals surface area contributed by atoms with E-state index >= 15 is 0 Å². The van der Waals surface area contributed by atoms with Gasteiger partial charge >= 0.3 is 0 Å². The third-order valence-electron chi connectivity index (χ3n) is 2.94. The molecule has 0 atom stereocenters. The Balaban J connectivity index is 2.08. The van der Waals surface area contributed by atoms with Crippen LogP contribution in [0.4, 0.5) is 0 Å². The van der Waals surface area contributed by atoms with Gasteiger partial charge in [-0.15, -0.1) is 0 Å². The molecule has 0 aliphatic carbocycles. The standard InChI is InChI=1S/C16H16O2/c1-12-2-8-15(9-3-12)16(18)10-13-4-6-14(11-17)7-5-13/h2-9,17H,10-11H2,1H3. The number of carbonyl (C=O) groups is 1. The summed E-state index contributed by atoms with van der Waals surface area (Å²) in [5.74, 6) is 0.117. The highest BCUT2D eigenvalue weighted by atomic mass is 16.3. The van der Waals surface area contributed by atoms with E-state index in [1.807, 2.05) is 55.5 Å². The number of benzene rings is 2. The van der Waals surface area contributed by atoms with E-state index < -0.39 is 0 Å². The van der Waals surface area contributed by atoms with Gasteiger partial charge in [-0.25, -0.2) is 0 Å². The minimum atomic E-state index is 0.0339. The molecule has 0 spiro atoms. The quantitative estimate of drug-likeness (QED) is 0.834. The van der Waals surface area contributed by atoms with Crippen molar-refractivity contribution in [3.8, 4) is 0 Å². The molecule has 0 fully saturated rings. The first kappa shape index (κ1) is 12.5. The van der Waals surface area contributed by atoms with E-state index in [9.17, 15) is 4.79 Å². The van der Waals surface area contributed by atoms with Crippen LogP contribution >= 0.6 is 0 Å². The van der Waals surface area contributed by atoms with E-state index in [-0.39, 0.29) is 12.4 Å². The lowest BCUT2D eigenvalue weighted by molar-refractivity contribution is 0.0993. The van der Waals surface area contributed by atoms with Crippen LogP contribution in [-0.4, -0.2) is 10.9 Å². The zero-order chi connectivity index (χ0) is 13.0. The van der Waals surface area contributed by atoms with Gasteiger partial charge < -0.3 is 5.11 Å². The van der Waals surface area contributed by atoms with Gasteiger partial charge in [-0.2, -0.15) is 0 Å². The van der Waals surface area contributed by atoms with Crippen molar-refractivity contribution in [2.75, 3.05) is 0 Å². The summed E-state index contributed by atoms with van der Waals surface area (Å²) in [6, 6.07) is 15.1. The number of Topliss-reactive ketones (excluding diaryl/α,β-unsaturated/α-hetero) is 1. The molecule has 0 unspecified atom stereocenters. The molecule has 1 N–H and O–H groups in total. The fourth-order valence-electron chi connectivity index (χ4n) is 1.79. The number of aliphatic hydroxyl groups is 1. The Hall–Kier alpha value is -1.93. The predicted octanol–water partition coefficient (Wildman–Crippen LogP) is 2.91. The molecule has 2 heteroatoms. The summed E-state index contributed by atoms with van der Waals surface area (Å²) in [5.41, 5.74) is 3.73. The van der Waals surface area contributed by atoms with Crippen molar-refractivity contribution in [1.29, 1.82) is 0 Å². The number of rotatable bonds is 4. The number of ketones is 1. The minimum Gasteiger partial charge on any atom is -0.392 e. The molecule has 2 aromatic rings. The molecule has 2 aromatic carbocycles. The van der Waals surface area contributed by atoms with E-state index in [4.69, 9.17) is 5.11 Å². The second-order valence-corrected chi connectivity index (χ2v) is 4.44. The molecule has 92 valence electrons. The molecule has 0 aliphatic heterocycles. The van der Waals surface area contributed by atoms with Gasteiger partial charge in [-0.1, -0.05) is 54.1 Å². The summed E-state index contributed by atoms with van der Waals surface area (Å²) in [5, 5.41) is 8.95. The Bertz CT molecular complexity index is 524. The molecule has 0 heterocycles. The highest BCUT2D eigenvalue weighted by molar-refractivity contribution is 5.97. The van der Waals surface area contributed by atoms with Crippen LogP contribution in [0.15, 0.2) is 48.5 Å². The van der Waals surface area contributed by atoms with Crippen LogP contribution in [-0.2, 0) is 13.0 Å². The molecule has 0 amide bonds. The number of aryl methyl sites for hydroxylation is 1. The molecule has 0 bridgehead atoms. The molecular formula is C16H16O2. The summed E-state index contributed by atoms with van der Waals surface area (Å²) in [7, 11) is 0. The summed E-state index contributed by atoms with van der Waals surface area (Å²) >= 11 is 0. The zero-order valence-corrected chi connectivity index (χ0v) is 10.4. The summed E-state index contributed by atoms with van der Waals surface area (Å²) in [4.78, 5) is 12.0. The third-order valence-corrected chi connectivity index (χ3v) is 2.94. The lowest BCUT2D eigenvalue weighted by Crippen LogP contribution is -2.03. The minimum absolute atomic E-state index is 0.0339. The van der Waals surface area contributed by atoms with Crippen LogP contribution in [0.1, 0.15) is 27.0 Å². The van der Waals surface area contributed by atoms with Crippen molar-refractivity contribution in [3.05, 3.63) is 70.8 Å². The topological polar surface area (TPSA) is 37.3 Å². The van der Waals surface area contributed by atoms with Crippen molar-refractivity contribution in [2.45, 2.75) is 20.0 Å². The Morgan fingerprint density at radius 3 is 2.06 bits per heavy atom. The molecule has 2 rings (SSSR count). The molecule has 18 heavy (non-hydrogen) atoms. The van der Waals surface area contributed by atoms with Crippen molar-refractivity contribution >= 4 is 5.78 Å². The molecule has 0 aliphatic rings. The second-order valence-electron chi connectivity index (χ2n) is 4.44. The zero-order valence-electron chi connectivity index (χ0n) is 10.4. The van der Waals surface area contributed by atoms with Crippen molar-refractivity contribution in [3.63, 3.8) is 0 Å². The number of aliphatic hydroxyl groups excluding tert-OH is 1. The highest BCUT2D eigenvalue weighted by Crippen LogP contribution is 2.10. The molecule has 0 saturated heterocycles. The van der Waals surface area contributed by atoms with Crippen LogP contribution in [0, 0.1) is 6.92 Å². The van der Waals surface area contributed by atoms with E-state index in [1.54, 1.807) is 0 Å². The van der Waals surface area contributed by atoms with Crippen molar-refractivity contribution < 1.29 is 9.90 Å². The number of carbonyl (C=O) groups excluding carboxylic acids is 1. The fourth-order valence-corrected chi connectivity index (χ4v) is 1.79. The first-order chi connectivity index (χ1) is 8.69. The monoisotopic (exact) mass is 240 g/mol. The summed E-state index contributed by atoms with van der Waals surface area (Å²) < 4.78 is 0. The lowest BCUT2D eigenvalue weighted by Gasteiger charge is -2.03. The van der Waals surface area contributed by atoms with E-state index in [0.717, 1.165) is 22.3 Å². The smallest absolute Gasteiger partial charge is 0.167 e. The van der Waals surface area contributed by atoms with E-state index in [1.165, 1.54) is 0 Å². The average molecular weight is 240 g/mol. The van der Waals surface area contributed by atoms with Gasteiger partial charge in [0.2, 0.25) is 0 Å². The Morgan fingerprint density at radius 2 is 1.50 bits per heavy atom. The molecule has 2 nitrogen and oxygen atoms in total. The maximum Gasteiger partial charge on any atom is 0.167 e. The highest BCUT2D eigenvalue weighted by Gasteiger charge is 2.06. The fraction of sp³-hybridized carbons (Fsp3) is 0.188. The maximum absolute atomic E-state index is 12.0. The molecule has 0 aromatic heterocycles. The van der Waals surface area contributed by atoms with Gasteiger partial charge in [0.1, 0.15) is 0 Å². The van der Waals surface area contributed by atoms with Gasteiger partial charge in [0, 0.05) is 12.0 Å². The third kappa shape index (κ3) is 3.05. The van der Waals surface area contributed by atoms with Crippen LogP contribution < -0.4 is 0 Å². The first-order valence-corrected chi connectivity index (χ1v) is 5.97. The van der Waals surface area contributed by atoms with Crippen molar-refractivity contribution in [2.24, 2.45) is 0 Å². The van der Waals surface area contributed by atoms with E-state index in [0.29, 0.717) is 6.42 Å². The SMILES string of the molecule is Cc1ccc(C(=O)Cc2ccc(CO)cc2)cc1. The summed E-state index contributed by atoms with van der Waals surface area (Å²) in [6.07, 6.45) is 0.398. The molecule has 0 saturated carbocycles. The predicted molar refractivity (Wildman–Crippen MR) is 71.6 cm³/mol. The maximum atomic E-state index is 12.0. The van der Waals surface area contributed by atoms with Crippen molar-refractivity contribution in [1.82, 2.24) is 0 Å². The van der Waals surface area contributed by atoms with Crippen LogP contribution in [0.3, 0.4) is 0 Å². The Kier molecular flexibility index (Phi) is 3.90. The largest absolute Gasteiger partial charge is 0.392 e. The van der Waals surface area contributed by atoms with Crippen LogP contribution in [0.2, 0.25) is 0 Å². The van der Waals surface area contributed by atoms with Gasteiger partial charge in [0.15, 0.2) is 5.78 Å². The molecular weight excluding hydrogens is 224 g/mol. The Labute approximate surface area is 107 Å². The Morgan fingerprint density at radius 1 is 0.944 bits per heavy atom. The van der Waals surface area contributed by atoms with Crippen LogP contribution in [0.5, 0.6) is 0 Å². The summed E-state index contributed by atoms with van der Waals surface area (Å²) in [6.45, 7) is 2.04. The van der Waals surface area contributed by atoms with Gasteiger partial charge in [-0.05, 0) is 18.1 Å². The lowest BCUT2D eigenvalue weighted by atomic mass is 10.0. The van der Waals surface area contributed by atoms with E-state index in [2.05, 4.69) is 0 Å². The van der Waals surface area contributed by atoms with Gasteiger partial charge in [-0.3, -0.25) is 4.79 Å². The average Bonchev–Trinajstić information content (AvgIpc) is 2.40. The van der Waals surface area contributed by atoms with Gasteiger partial charge in [0.25, 0.3) is 0 Å². The number of hydrogen-bond donors (Lipinski definition) is 1. The molecule has 0 radical (unpaired) electrons. The second kappa shape index (κ2) is 5.61.